The Morgan fingerprint density at radius 2 is 2.00 bits per heavy atom. The fraction of sp³-hybridized carbons (Fsp3) is 1.00. The van der Waals surface area contributed by atoms with Gasteiger partial charge in [-0.3, -0.25) is 0 Å². The van der Waals surface area contributed by atoms with Gasteiger partial charge in [-0.2, -0.15) is 0 Å². The molecule has 0 heterocycles. The molecular weight excluding hydrogens is 244 g/mol. The van der Waals surface area contributed by atoms with E-state index < -0.39 is 0 Å². The molecule has 2 rings (SSSR count). The Morgan fingerprint density at radius 3 is 2.55 bits per heavy atom. The molecule has 0 saturated heterocycles. The summed E-state index contributed by atoms with van der Waals surface area (Å²) < 4.78 is 0. The topological polar surface area (TPSA) is 15.3 Å². The van der Waals surface area contributed by atoms with Crippen molar-refractivity contribution >= 4 is 0 Å². The number of hydrogen-bond acceptors (Lipinski definition) is 2. The number of nitrogens with zero attached hydrogens (tertiary/aromatic N) is 1. The van der Waals surface area contributed by atoms with Crippen LogP contribution in [0.1, 0.15) is 72.6 Å². The van der Waals surface area contributed by atoms with E-state index in [-0.39, 0.29) is 0 Å². The fourth-order valence-electron chi connectivity index (χ4n) is 4.05. The van der Waals surface area contributed by atoms with Crippen LogP contribution in [-0.4, -0.2) is 36.6 Å². The van der Waals surface area contributed by atoms with Crippen molar-refractivity contribution in [2.45, 2.75) is 84.7 Å². The van der Waals surface area contributed by atoms with Crippen LogP contribution in [0.5, 0.6) is 0 Å². The first-order valence-corrected chi connectivity index (χ1v) is 9.06. The van der Waals surface area contributed by atoms with E-state index >= 15 is 0 Å². The predicted molar refractivity (Wildman–Crippen MR) is 88.1 cm³/mol. The van der Waals surface area contributed by atoms with Gasteiger partial charge < -0.3 is 10.2 Å². The Labute approximate surface area is 126 Å². The van der Waals surface area contributed by atoms with Crippen molar-refractivity contribution in [3.63, 3.8) is 0 Å². The Balaban J connectivity index is 1.99. The minimum Gasteiger partial charge on any atom is -0.313 e. The molecule has 2 saturated carbocycles. The molecule has 3 atom stereocenters. The van der Waals surface area contributed by atoms with Crippen LogP contribution in [-0.2, 0) is 0 Å². The molecule has 0 spiro atoms. The normalized spacial score (nSPS) is 32.5. The third kappa shape index (κ3) is 4.46. The maximum atomic E-state index is 3.85. The lowest BCUT2D eigenvalue weighted by molar-refractivity contribution is 0.0628. The molecule has 2 heteroatoms. The second-order valence-corrected chi connectivity index (χ2v) is 7.68. The zero-order valence-corrected chi connectivity index (χ0v) is 14.3. The third-order valence-electron chi connectivity index (χ3n) is 5.69. The molecular formula is C18H36N2. The molecule has 0 amide bonds. The minimum absolute atomic E-state index is 0.541. The van der Waals surface area contributed by atoms with Crippen LogP contribution >= 0.6 is 0 Å². The summed E-state index contributed by atoms with van der Waals surface area (Å²) in [6.07, 6.45) is 9.84. The Kier molecular flexibility index (Phi) is 5.92. The van der Waals surface area contributed by atoms with Crippen LogP contribution in [0.4, 0.5) is 0 Å². The lowest BCUT2D eigenvalue weighted by Crippen LogP contribution is -2.49. The van der Waals surface area contributed by atoms with Crippen molar-refractivity contribution in [1.29, 1.82) is 0 Å². The summed E-state index contributed by atoms with van der Waals surface area (Å²) in [7, 11) is 0. The third-order valence-corrected chi connectivity index (χ3v) is 5.69. The van der Waals surface area contributed by atoms with Gasteiger partial charge in [-0.05, 0) is 56.9 Å². The van der Waals surface area contributed by atoms with E-state index in [1.807, 2.05) is 0 Å². The van der Waals surface area contributed by atoms with Crippen molar-refractivity contribution < 1.29 is 0 Å². The molecule has 2 aliphatic carbocycles. The van der Waals surface area contributed by atoms with Crippen LogP contribution in [0, 0.1) is 11.3 Å². The lowest BCUT2D eigenvalue weighted by Gasteiger charge is -2.45. The van der Waals surface area contributed by atoms with Gasteiger partial charge in [-0.25, -0.2) is 0 Å². The SMILES string of the molecule is CCC(C)N(CC)CC1(CNC2CC2)CCCC(C)C1. The van der Waals surface area contributed by atoms with Crippen LogP contribution in [0.15, 0.2) is 0 Å². The van der Waals surface area contributed by atoms with Gasteiger partial charge in [-0.15, -0.1) is 0 Å². The van der Waals surface area contributed by atoms with Crippen molar-refractivity contribution in [3.05, 3.63) is 0 Å². The average Bonchev–Trinajstić information content (AvgIpc) is 3.26. The summed E-state index contributed by atoms with van der Waals surface area (Å²) in [6, 6.07) is 1.58. The van der Waals surface area contributed by atoms with Crippen LogP contribution in [0.2, 0.25) is 0 Å². The standard InChI is InChI=1S/C18H36N2/c1-5-16(4)20(6-2)14-18(13-19-17-9-10-17)11-7-8-15(3)12-18/h15-17,19H,5-14H2,1-4H3. The summed E-state index contributed by atoms with van der Waals surface area (Å²) in [4.78, 5) is 2.73. The number of hydrogen-bond donors (Lipinski definition) is 1. The summed E-state index contributed by atoms with van der Waals surface area (Å²) in [6.45, 7) is 13.3. The first-order chi connectivity index (χ1) is 9.58. The van der Waals surface area contributed by atoms with E-state index in [1.165, 1.54) is 64.6 Å². The molecule has 3 unspecified atom stereocenters. The van der Waals surface area contributed by atoms with E-state index in [0.717, 1.165) is 18.0 Å². The molecule has 0 aromatic rings. The summed E-state index contributed by atoms with van der Waals surface area (Å²) >= 11 is 0. The van der Waals surface area contributed by atoms with Crippen molar-refractivity contribution in [2.75, 3.05) is 19.6 Å². The molecule has 20 heavy (non-hydrogen) atoms. The first-order valence-electron chi connectivity index (χ1n) is 9.06. The molecule has 0 radical (unpaired) electrons. The van der Waals surface area contributed by atoms with Gasteiger partial charge in [0.2, 0.25) is 0 Å². The molecule has 2 aliphatic rings. The van der Waals surface area contributed by atoms with Gasteiger partial charge in [0.05, 0.1) is 0 Å². The zero-order valence-electron chi connectivity index (χ0n) is 14.3. The molecule has 0 aromatic carbocycles. The van der Waals surface area contributed by atoms with Crippen LogP contribution in [0.3, 0.4) is 0 Å². The second kappa shape index (κ2) is 7.26. The molecule has 1 N–H and O–H groups in total. The fourth-order valence-corrected chi connectivity index (χ4v) is 4.05. The van der Waals surface area contributed by atoms with Gasteiger partial charge in [-0.1, -0.05) is 33.6 Å². The first kappa shape index (κ1) is 16.3. The Hall–Kier alpha value is -0.0800. The van der Waals surface area contributed by atoms with E-state index in [0.29, 0.717) is 5.41 Å². The van der Waals surface area contributed by atoms with Gasteiger partial charge in [0.25, 0.3) is 0 Å². The van der Waals surface area contributed by atoms with E-state index in [9.17, 15) is 0 Å². The van der Waals surface area contributed by atoms with Gasteiger partial charge in [0.15, 0.2) is 0 Å². The van der Waals surface area contributed by atoms with Gasteiger partial charge >= 0.3 is 0 Å². The van der Waals surface area contributed by atoms with Crippen molar-refractivity contribution in [1.82, 2.24) is 10.2 Å². The molecule has 0 bridgehead atoms. The number of nitrogens with one attached hydrogen (secondary N) is 1. The van der Waals surface area contributed by atoms with Gasteiger partial charge in [0.1, 0.15) is 0 Å². The monoisotopic (exact) mass is 280 g/mol. The average molecular weight is 280 g/mol. The quantitative estimate of drug-likeness (QED) is 0.721. The maximum absolute atomic E-state index is 3.85. The molecule has 0 aromatic heterocycles. The highest BCUT2D eigenvalue weighted by Gasteiger charge is 2.38. The highest BCUT2D eigenvalue weighted by Crippen LogP contribution is 2.40. The molecule has 2 fully saturated rings. The molecule has 2 nitrogen and oxygen atoms in total. The van der Waals surface area contributed by atoms with E-state index in [4.69, 9.17) is 0 Å². The largest absolute Gasteiger partial charge is 0.313 e. The van der Waals surface area contributed by atoms with E-state index in [1.54, 1.807) is 0 Å². The zero-order chi connectivity index (χ0) is 14.6. The molecule has 118 valence electrons. The van der Waals surface area contributed by atoms with Crippen molar-refractivity contribution in [2.24, 2.45) is 11.3 Å². The van der Waals surface area contributed by atoms with Gasteiger partial charge in [0, 0.05) is 25.2 Å². The number of rotatable bonds is 8. The summed E-state index contributed by atoms with van der Waals surface area (Å²) in [5.74, 6) is 0.917. The highest BCUT2D eigenvalue weighted by molar-refractivity contribution is 4.93. The minimum atomic E-state index is 0.541. The maximum Gasteiger partial charge on any atom is 0.00684 e. The van der Waals surface area contributed by atoms with Crippen molar-refractivity contribution in [3.8, 4) is 0 Å². The summed E-state index contributed by atoms with van der Waals surface area (Å²) in [5.41, 5.74) is 0.541. The lowest BCUT2D eigenvalue weighted by atomic mass is 9.69. The second-order valence-electron chi connectivity index (χ2n) is 7.68. The Bertz CT molecular complexity index is 287. The van der Waals surface area contributed by atoms with E-state index in [2.05, 4.69) is 37.9 Å². The predicted octanol–water partition coefficient (Wildman–Crippen LogP) is 4.06. The Morgan fingerprint density at radius 1 is 1.25 bits per heavy atom. The van der Waals surface area contributed by atoms with Crippen LogP contribution < -0.4 is 5.32 Å². The van der Waals surface area contributed by atoms with Crippen LogP contribution in [0.25, 0.3) is 0 Å². The highest BCUT2D eigenvalue weighted by atomic mass is 15.2. The summed E-state index contributed by atoms with van der Waals surface area (Å²) in [5, 5.41) is 3.85. The molecule has 0 aliphatic heterocycles. The smallest absolute Gasteiger partial charge is 0.00684 e.